The van der Waals surface area contributed by atoms with Crippen molar-refractivity contribution in [3.63, 3.8) is 0 Å². The molecule has 0 radical (unpaired) electrons. The zero-order valence-electron chi connectivity index (χ0n) is 24.9. The smallest absolute Gasteiger partial charge is 0.228 e. The summed E-state index contributed by atoms with van der Waals surface area (Å²) in [6, 6.07) is 18.4. The molecule has 11 heteroatoms. The Morgan fingerprint density at radius 3 is 2.70 bits per heavy atom. The quantitative estimate of drug-likeness (QED) is 0.220. The average molecular weight is 620 g/mol. The van der Waals surface area contributed by atoms with Gasteiger partial charge in [-0.15, -0.1) is 0 Å². The lowest BCUT2D eigenvalue weighted by molar-refractivity contribution is -0.125. The number of halogens is 2. The van der Waals surface area contributed by atoms with Crippen LogP contribution < -0.4 is 15.0 Å². The molecule has 2 N–H and O–H groups in total. The molecule has 3 aromatic carbocycles. The van der Waals surface area contributed by atoms with Crippen molar-refractivity contribution < 1.29 is 23.8 Å². The Labute approximate surface area is 260 Å². The van der Waals surface area contributed by atoms with Crippen LogP contribution in [0.25, 0.3) is 11.4 Å². The fraction of sp³-hybridized carbons (Fsp3) is 0.303. The SMILES string of the molecule is CN(CCC(=O)NC=O)c1cnc(-c2ccc3c(c2)C(C)(CO)N(Cc2ccc(OCc4c(F)cccc4Cl)cc2)C3)n1C. The predicted octanol–water partition coefficient (Wildman–Crippen LogP) is 4.78. The van der Waals surface area contributed by atoms with Gasteiger partial charge in [-0.25, -0.2) is 9.37 Å². The molecule has 1 aliphatic heterocycles. The van der Waals surface area contributed by atoms with E-state index in [0.717, 1.165) is 33.9 Å². The molecule has 0 fully saturated rings. The van der Waals surface area contributed by atoms with E-state index in [1.54, 1.807) is 18.3 Å². The summed E-state index contributed by atoms with van der Waals surface area (Å²) in [4.78, 5) is 31.0. The molecule has 44 heavy (non-hydrogen) atoms. The second kappa shape index (κ2) is 13.2. The number of aliphatic hydroxyl groups is 1. The third-order valence-electron chi connectivity index (χ3n) is 8.31. The van der Waals surface area contributed by atoms with Crippen LogP contribution in [0.1, 0.15) is 35.6 Å². The van der Waals surface area contributed by atoms with Gasteiger partial charge in [0.2, 0.25) is 12.3 Å². The number of carbonyl (C=O) groups is 2. The summed E-state index contributed by atoms with van der Waals surface area (Å²) < 4.78 is 21.8. The summed E-state index contributed by atoms with van der Waals surface area (Å²) >= 11 is 6.12. The number of hydrogen-bond acceptors (Lipinski definition) is 7. The van der Waals surface area contributed by atoms with Crippen LogP contribution in [0.15, 0.2) is 66.9 Å². The molecule has 1 unspecified atom stereocenters. The molecule has 1 atom stereocenters. The first kappa shape index (κ1) is 31.2. The first-order chi connectivity index (χ1) is 21.1. The molecule has 230 valence electrons. The van der Waals surface area contributed by atoms with E-state index in [1.165, 1.54) is 6.07 Å². The average Bonchev–Trinajstić information content (AvgIpc) is 3.53. The minimum Gasteiger partial charge on any atom is -0.489 e. The number of ether oxygens (including phenoxy) is 1. The van der Waals surface area contributed by atoms with E-state index in [1.807, 2.05) is 60.8 Å². The van der Waals surface area contributed by atoms with E-state index in [2.05, 4.69) is 27.3 Å². The predicted molar refractivity (Wildman–Crippen MR) is 167 cm³/mol. The number of benzene rings is 3. The van der Waals surface area contributed by atoms with Crippen LogP contribution in [0.4, 0.5) is 10.2 Å². The molecule has 2 heterocycles. The molecule has 5 rings (SSSR count). The molecule has 0 aliphatic carbocycles. The van der Waals surface area contributed by atoms with E-state index < -0.39 is 11.4 Å². The van der Waals surface area contributed by atoms with Crippen molar-refractivity contribution >= 4 is 29.7 Å². The number of fused-ring (bicyclic) bond motifs is 1. The van der Waals surface area contributed by atoms with Gasteiger partial charge in [0.05, 0.1) is 23.4 Å². The van der Waals surface area contributed by atoms with Crippen molar-refractivity contribution in [2.45, 2.75) is 38.6 Å². The minimum absolute atomic E-state index is 0.0313. The van der Waals surface area contributed by atoms with Crippen molar-refractivity contribution in [2.75, 3.05) is 25.1 Å². The number of imidazole rings is 1. The van der Waals surface area contributed by atoms with Gasteiger partial charge in [-0.1, -0.05) is 41.9 Å². The molecule has 0 saturated heterocycles. The van der Waals surface area contributed by atoms with E-state index in [9.17, 15) is 19.1 Å². The number of nitrogens with one attached hydrogen (secondary N) is 1. The van der Waals surface area contributed by atoms with E-state index in [4.69, 9.17) is 16.3 Å². The van der Waals surface area contributed by atoms with Crippen LogP contribution in [-0.2, 0) is 41.9 Å². The molecule has 0 saturated carbocycles. The van der Waals surface area contributed by atoms with Crippen molar-refractivity contribution in [3.8, 4) is 17.1 Å². The zero-order valence-corrected chi connectivity index (χ0v) is 25.6. The van der Waals surface area contributed by atoms with Crippen molar-refractivity contribution in [1.82, 2.24) is 19.8 Å². The molecule has 9 nitrogen and oxygen atoms in total. The Hall–Kier alpha value is -4.25. The Morgan fingerprint density at radius 2 is 2.00 bits per heavy atom. The van der Waals surface area contributed by atoms with Crippen molar-refractivity contribution in [2.24, 2.45) is 7.05 Å². The van der Waals surface area contributed by atoms with Crippen LogP contribution in [0.2, 0.25) is 5.02 Å². The summed E-state index contributed by atoms with van der Waals surface area (Å²) in [7, 11) is 3.79. The number of rotatable bonds is 12. The number of nitrogens with zero attached hydrogens (tertiary/aromatic N) is 4. The van der Waals surface area contributed by atoms with Gasteiger partial charge < -0.3 is 19.3 Å². The summed E-state index contributed by atoms with van der Waals surface area (Å²) in [6.45, 7) is 3.71. The van der Waals surface area contributed by atoms with Crippen LogP contribution in [0.3, 0.4) is 0 Å². The molecular formula is C33H35ClFN5O4. The number of hydrogen-bond donors (Lipinski definition) is 2. The van der Waals surface area contributed by atoms with Crippen LogP contribution in [0, 0.1) is 5.82 Å². The lowest BCUT2D eigenvalue weighted by atomic mass is 9.90. The zero-order chi connectivity index (χ0) is 31.4. The Morgan fingerprint density at radius 1 is 1.23 bits per heavy atom. The highest BCUT2D eigenvalue weighted by Crippen LogP contribution is 2.42. The number of anilines is 1. The summed E-state index contributed by atoms with van der Waals surface area (Å²) in [5.74, 6) is 1.46. The van der Waals surface area contributed by atoms with E-state index in [-0.39, 0.29) is 25.5 Å². The second-order valence-corrected chi connectivity index (χ2v) is 11.6. The van der Waals surface area contributed by atoms with Gasteiger partial charge in [0.1, 0.15) is 29.8 Å². The lowest BCUT2D eigenvalue weighted by Gasteiger charge is -2.34. The fourth-order valence-corrected chi connectivity index (χ4v) is 5.82. The first-order valence-corrected chi connectivity index (χ1v) is 14.6. The fourth-order valence-electron chi connectivity index (χ4n) is 5.60. The summed E-state index contributed by atoms with van der Waals surface area (Å²) in [5.41, 5.74) is 3.86. The first-order valence-electron chi connectivity index (χ1n) is 14.2. The third-order valence-corrected chi connectivity index (χ3v) is 8.66. The highest BCUT2D eigenvalue weighted by atomic mass is 35.5. The van der Waals surface area contributed by atoms with Gasteiger partial charge in [0, 0.05) is 51.3 Å². The third kappa shape index (κ3) is 6.33. The summed E-state index contributed by atoms with van der Waals surface area (Å²) in [6.07, 6.45) is 2.33. The molecule has 4 aromatic rings. The van der Waals surface area contributed by atoms with E-state index >= 15 is 0 Å². The van der Waals surface area contributed by atoms with Gasteiger partial charge in [-0.2, -0.15) is 0 Å². The highest BCUT2D eigenvalue weighted by molar-refractivity contribution is 6.31. The van der Waals surface area contributed by atoms with Gasteiger partial charge in [-0.05, 0) is 53.9 Å². The molecular weight excluding hydrogens is 585 g/mol. The molecule has 0 bridgehead atoms. The lowest BCUT2D eigenvalue weighted by Crippen LogP contribution is -2.41. The maximum absolute atomic E-state index is 14.1. The van der Waals surface area contributed by atoms with E-state index in [0.29, 0.717) is 42.4 Å². The van der Waals surface area contributed by atoms with Gasteiger partial charge >= 0.3 is 0 Å². The number of aromatic nitrogens is 2. The van der Waals surface area contributed by atoms with Crippen molar-refractivity contribution in [1.29, 1.82) is 0 Å². The minimum atomic E-state index is -0.612. The second-order valence-electron chi connectivity index (χ2n) is 11.1. The normalized spacial score (nSPS) is 16.0. The molecule has 2 amide bonds. The van der Waals surface area contributed by atoms with Crippen LogP contribution in [0.5, 0.6) is 5.75 Å². The number of imide groups is 1. The molecule has 0 spiro atoms. The monoisotopic (exact) mass is 619 g/mol. The molecule has 1 aliphatic rings. The molecule has 1 aromatic heterocycles. The highest BCUT2D eigenvalue weighted by Gasteiger charge is 2.41. The number of carbonyl (C=O) groups excluding carboxylic acids is 2. The van der Waals surface area contributed by atoms with Crippen LogP contribution in [-0.4, -0.2) is 52.1 Å². The maximum Gasteiger partial charge on any atom is 0.228 e. The number of aliphatic hydroxyl groups excluding tert-OH is 1. The Kier molecular flexibility index (Phi) is 9.33. The van der Waals surface area contributed by atoms with Gasteiger partial charge in [0.25, 0.3) is 0 Å². The topological polar surface area (TPSA) is 99.9 Å². The number of amides is 2. The van der Waals surface area contributed by atoms with Gasteiger partial charge in [0.15, 0.2) is 0 Å². The Bertz CT molecular complexity index is 1640. The Balaban J connectivity index is 1.28. The summed E-state index contributed by atoms with van der Waals surface area (Å²) in [5, 5.41) is 13.1. The maximum atomic E-state index is 14.1. The standard InChI is InChI=1S/C33H35ClFN5O4/c1-33(20-41)27-15-23(32-36-16-31(39(32)3)38(2)14-13-30(43)37-21-42)9-10-24(27)18-40(33)17-22-7-11-25(12-8-22)44-19-26-28(34)5-4-6-29(26)35/h4-12,15-16,21,41H,13-14,17-20H2,1-3H3,(H,37,42,43). The van der Waals surface area contributed by atoms with Crippen LogP contribution >= 0.6 is 11.6 Å². The van der Waals surface area contributed by atoms with Crippen molar-refractivity contribution in [3.05, 3.63) is 100.0 Å². The largest absolute Gasteiger partial charge is 0.489 e. The van der Waals surface area contributed by atoms with Gasteiger partial charge in [-0.3, -0.25) is 19.8 Å².